The third kappa shape index (κ3) is 6.01. The van der Waals surface area contributed by atoms with Crippen LogP contribution in [-0.2, 0) is 14.4 Å². The summed E-state index contributed by atoms with van der Waals surface area (Å²) in [4.78, 5) is 39.1. The molecule has 2 aromatic rings. The second kappa shape index (κ2) is 10.4. The van der Waals surface area contributed by atoms with Gasteiger partial charge in [0.2, 0.25) is 11.8 Å². The van der Waals surface area contributed by atoms with Crippen LogP contribution in [0.4, 0.5) is 8.78 Å². The Hall–Kier alpha value is -3.59. The lowest BCUT2D eigenvalue weighted by Gasteiger charge is -2.24. The Labute approximate surface area is 190 Å². The standard InChI is InChI=1S/C24H25F2N3O4/c1-14(27-23(32)21(30)17-10-18(25)12-19(26)11-17)22(31)28-20-9-8-16(13-29(2)24(20)33)15-6-4-3-5-7-15/h3-12,14,16,20-21,30H,13H2,1-2H3,(H,27,32)(H,28,31)/t14-,16-,20-,21+/m0/s1. The van der Waals surface area contributed by atoms with E-state index in [0.29, 0.717) is 12.6 Å². The van der Waals surface area contributed by atoms with Crippen LogP contribution in [0.2, 0.25) is 0 Å². The zero-order valence-electron chi connectivity index (χ0n) is 18.2. The number of carbonyl (C=O) groups excluding carboxylic acids is 3. The van der Waals surface area contributed by atoms with E-state index in [-0.39, 0.29) is 17.4 Å². The molecule has 0 aliphatic carbocycles. The zero-order valence-corrected chi connectivity index (χ0v) is 18.2. The fourth-order valence-electron chi connectivity index (χ4n) is 3.56. The summed E-state index contributed by atoms with van der Waals surface area (Å²) < 4.78 is 26.7. The van der Waals surface area contributed by atoms with Crippen molar-refractivity contribution < 1.29 is 28.3 Å². The van der Waals surface area contributed by atoms with E-state index in [1.807, 2.05) is 36.4 Å². The number of carbonyl (C=O) groups is 3. The summed E-state index contributed by atoms with van der Waals surface area (Å²) in [5.41, 5.74) is 0.747. The van der Waals surface area contributed by atoms with E-state index < -0.39 is 41.6 Å². The molecular weight excluding hydrogens is 432 g/mol. The Kier molecular flexibility index (Phi) is 7.55. The first-order chi connectivity index (χ1) is 15.7. The number of hydrogen-bond acceptors (Lipinski definition) is 4. The normalized spacial score (nSPS) is 20.0. The molecule has 0 saturated carbocycles. The minimum atomic E-state index is -1.87. The lowest BCUT2D eigenvalue weighted by Crippen LogP contribution is -2.52. The molecule has 9 heteroatoms. The maximum absolute atomic E-state index is 13.4. The van der Waals surface area contributed by atoms with E-state index in [1.165, 1.54) is 11.8 Å². The van der Waals surface area contributed by atoms with Crippen molar-refractivity contribution in [2.75, 3.05) is 13.6 Å². The van der Waals surface area contributed by atoms with Gasteiger partial charge in [-0.15, -0.1) is 0 Å². The average molecular weight is 457 g/mol. The Balaban J connectivity index is 1.64. The van der Waals surface area contributed by atoms with E-state index in [0.717, 1.165) is 17.7 Å². The first-order valence-electron chi connectivity index (χ1n) is 10.4. The van der Waals surface area contributed by atoms with Crippen LogP contribution < -0.4 is 10.6 Å². The van der Waals surface area contributed by atoms with Crippen molar-refractivity contribution in [1.82, 2.24) is 15.5 Å². The smallest absolute Gasteiger partial charge is 0.254 e. The van der Waals surface area contributed by atoms with Gasteiger partial charge in [0.25, 0.3) is 5.91 Å². The molecule has 174 valence electrons. The van der Waals surface area contributed by atoms with Gasteiger partial charge in [-0.05, 0) is 30.2 Å². The molecule has 0 radical (unpaired) electrons. The Morgan fingerprint density at radius 3 is 2.33 bits per heavy atom. The van der Waals surface area contributed by atoms with Gasteiger partial charge >= 0.3 is 0 Å². The summed E-state index contributed by atoms with van der Waals surface area (Å²) in [6.07, 6.45) is 1.59. The average Bonchev–Trinajstić information content (AvgIpc) is 2.92. The van der Waals surface area contributed by atoms with Crippen LogP contribution in [0, 0.1) is 11.6 Å². The van der Waals surface area contributed by atoms with Gasteiger partial charge in [-0.25, -0.2) is 8.78 Å². The molecule has 4 atom stereocenters. The number of likely N-dealkylation sites (N-methyl/N-ethyl adjacent to an activating group) is 1. The summed E-state index contributed by atoms with van der Waals surface area (Å²) >= 11 is 0. The number of aliphatic hydroxyl groups is 1. The van der Waals surface area contributed by atoms with Crippen LogP contribution in [0.25, 0.3) is 0 Å². The molecular formula is C24H25F2N3O4. The number of aliphatic hydroxyl groups excluding tert-OH is 1. The van der Waals surface area contributed by atoms with Crippen LogP contribution in [0.1, 0.15) is 30.1 Å². The third-order valence-corrected chi connectivity index (χ3v) is 5.38. The van der Waals surface area contributed by atoms with E-state index in [1.54, 1.807) is 13.1 Å². The largest absolute Gasteiger partial charge is 0.378 e. The molecule has 0 spiro atoms. The van der Waals surface area contributed by atoms with Gasteiger partial charge in [0.1, 0.15) is 23.7 Å². The predicted molar refractivity (Wildman–Crippen MR) is 117 cm³/mol. The van der Waals surface area contributed by atoms with E-state index >= 15 is 0 Å². The molecule has 3 N–H and O–H groups in total. The van der Waals surface area contributed by atoms with Crippen LogP contribution in [0.3, 0.4) is 0 Å². The third-order valence-electron chi connectivity index (χ3n) is 5.38. The van der Waals surface area contributed by atoms with Crippen LogP contribution in [-0.4, -0.2) is 53.4 Å². The molecule has 3 rings (SSSR count). The van der Waals surface area contributed by atoms with Gasteiger partial charge in [-0.3, -0.25) is 14.4 Å². The molecule has 0 fully saturated rings. The van der Waals surface area contributed by atoms with Crippen molar-refractivity contribution in [2.24, 2.45) is 0 Å². The molecule has 0 saturated heterocycles. The molecule has 0 unspecified atom stereocenters. The van der Waals surface area contributed by atoms with Crippen molar-refractivity contribution in [2.45, 2.75) is 31.0 Å². The quantitative estimate of drug-likeness (QED) is 0.576. The maximum atomic E-state index is 13.4. The van der Waals surface area contributed by atoms with E-state index in [2.05, 4.69) is 10.6 Å². The molecule has 1 aliphatic rings. The van der Waals surface area contributed by atoms with Gasteiger partial charge in [-0.2, -0.15) is 0 Å². The maximum Gasteiger partial charge on any atom is 0.254 e. The zero-order chi connectivity index (χ0) is 24.1. The minimum absolute atomic E-state index is 0.0408. The number of halogens is 2. The Bertz CT molecular complexity index is 1040. The van der Waals surface area contributed by atoms with Gasteiger partial charge < -0.3 is 20.6 Å². The SMILES string of the molecule is C[C@H](NC(=O)[C@H](O)c1cc(F)cc(F)c1)C(=O)N[C@H]1C=C[C@H](c2ccccc2)CN(C)C1=O. The van der Waals surface area contributed by atoms with Crippen molar-refractivity contribution >= 4 is 17.7 Å². The monoisotopic (exact) mass is 457 g/mol. The predicted octanol–water partition coefficient (Wildman–Crippen LogP) is 1.80. The summed E-state index contributed by atoms with van der Waals surface area (Å²) in [6.45, 7) is 1.81. The fourth-order valence-corrected chi connectivity index (χ4v) is 3.56. The molecule has 33 heavy (non-hydrogen) atoms. The van der Waals surface area contributed by atoms with Crippen molar-refractivity contribution in [3.05, 3.63) is 83.4 Å². The Morgan fingerprint density at radius 2 is 1.70 bits per heavy atom. The van der Waals surface area contributed by atoms with E-state index in [4.69, 9.17) is 0 Å². The fraction of sp³-hybridized carbons (Fsp3) is 0.292. The second-order valence-electron chi connectivity index (χ2n) is 7.94. The number of benzene rings is 2. The lowest BCUT2D eigenvalue weighted by atomic mass is 9.98. The molecule has 1 heterocycles. The van der Waals surface area contributed by atoms with Crippen LogP contribution in [0.5, 0.6) is 0 Å². The minimum Gasteiger partial charge on any atom is -0.378 e. The highest BCUT2D eigenvalue weighted by Gasteiger charge is 2.29. The number of amides is 3. The first-order valence-corrected chi connectivity index (χ1v) is 10.4. The highest BCUT2D eigenvalue weighted by molar-refractivity contribution is 5.93. The number of rotatable bonds is 6. The van der Waals surface area contributed by atoms with Gasteiger partial charge in [0.05, 0.1) is 0 Å². The molecule has 1 aliphatic heterocycles. The van der Waals surface area contributed by atoms with Crippen LogP contribution >= 0.6 is 0 Å². The Morgan fingerprint density at radius 1 is 1.06 bits per heavy atom. The van der Waals surface area contributed by atoms with Crippen molar-refractivity contribution in [3.8, 4) is 0 Å². The molecule has 0 bridgehead atoms. The molecule has 0 aromatic heterocycles. The van der Waals surface area contributed by atoms with Gasteiger partial charge in [0, 0.05) is 25.6 Å². The topological polar surface area (TPSA) is 98.7 Å². The highest BCUT2D eigenvalue weighted by atomic mass is 19.1. The summed E-state index contributed by atoms with van der Waals surface area (Å²) in [5.74, 6) is -3.91. The summed E-state index contributed by atoms with van der Waals surface area (Å²) in [5, 5.41) is 15.0. The summed E-state index contributed by atoms with van der Waals surface area (Å²) in [6, 6.07) is 9.85. The number of hydrogen-bond donors (Lipinski definition) is 3. The highest BCUT2D eigenvalue weighted by Crippen LogP contribution is 2.21. The number of nitrogens with zero attached hydrogens (tertiary/aromatic N) is 1. The van der Waals surface area contributed by atoms with Crippen LogP contribution in [0.15, 0.2) is 60.7 Å². The molecule has 7 nitrogen and oxygen atoms in total. The lowest BCUT2D eigenvalue weighted by molar-refractivity contribution is -0.136. The summed E-state index contributed by atoms with van der Waals surface area (Å²) in [7, 11) is 1.64. The van der Waals surface area contributed by atoms with Gasteiger partial charge in [0.15, 0.2) is 6.10 Å². The molecule has 3 amide bonds. The van der Waals surface area contributed by atoms with Crippen molar-refractivity contribution in [3.63, 3.8) is 0 Å². The van der Waals surface area contributed by atoms with Crippen molar-refractivity contribution in [1.29, 1.82) is 0 Å². The molecule has 2 aromatic carbocycles. The van der Waals surface area contributed by atoms with E-state index in [9.17, 15) is 28.3 Å². The number of nitrogens with one attached hydrogen (secondary N) is 2. The first kappa shape index (κ1) is 24.1. The second-order valence-corrected chi connectivity index (χ2v) is 7.94. The van der Waals surface area contributed by atoms with Gasteiger partial charge in [-0.1, -0.05) is 42.5 Å².